The first-order chi connectivity index (χ1) is 5.31. The fraction of sp³-hybridized carbons (Fsp3) is 0.900. The molecule has 0 aliphatic heterocycles. The molecule has 0 amide bonds. The summed E-state index contributed by atoms with van der Waals surface area (Å²) in [5.41, 5.74) is 0. The van der Waals surface area contributed by atoms with Gasteiger partial charge in [-0.05, 0) is 12.3 Å². The molecule has 0 saturated carbocycles. The predicted octanol–water partition coefficient (Wildman–Crippen LogP) is 3.18. The molecule has 0 aliphatic rings. The molecule has 1 heteroatoms. The van der Waals surface area contributed by atoms with Crippen LogP contribution in [0, 0.1) is 5.92 Å². The maximum Gasteiger partial charge on any atom is 0.119 e. The van der Waals surface area contributed by atoms with Gasteiger partial charge >= 0.3 is 0 Å². The van der Waals surface area contributed by atoms with Crippen LogP contribution in [0.3, 0.4) is 0 Å². The Labute approximate surface area is 70.2 Å². The maximum atomic E-state index is 10.0. The lowest BCUT2D eigenvalue weighted by Gasteiger charge is -2.08. The van der Waals surface area contributed by atoms with E-state index in [1.807, 2.05) is 0 Å². The molecular formula is C10H20O. The number of unbranched alkanes of at least 4 members (excludes halogenated alkanes) is 2. The summed E-state index contributed by atoms with van der Waals surface area (Å²) in [7, 11) is 0. The van der Waals surface area contributed by atoms with Crippen LogP contribution in [0.2, 0.25) is 0 Å². The Morgan fingerprint density at radius 1 is 1.27 bits per heavy atom. The van der Waals surface area contributed by atoms with Crippen molar-refractivity contribution >= 4 is 6.29 Å². The quantitative estimate of drug-likeness (QED) is 0.408. The fourth-order valence-corrected chi connectivity index (χ4v) is 1.25. The summed E-state index contributed by atoms with van der Waals surface area (Å²) in [4.78, 5) is 10.0. The van der Waals surface area contributed by atoms with E-state index >= 15 is 0 Å². The number of carbonyl (C=O) groups excluding carboxylic acids is 1. The zero-order valence-corrected chi connectivity index (χ0v) is 7.81. The van der Waals surface area contributed by atoms with Gasteiger partial charge in [-0.2, -0.15) is 0 Å². The van der Waals surface area contributed by atoms with Gasteiger partial charge in [-0.15, -0.1) is 0 Å². The summed E-state index contributed by atoms with van der Waals surface area (Å²) < 4.78 is 0. The second kappa shape index (κ2) is 7.77. The van der Waals surface area contributed by atoms with Crippen LogP contribution in [0.1, 0.15) is 52.4 Å². The van der Waals surface area contributed by atoms with E-state index in [0.717, 1.165) is 25.0 Å². The Bertz CT molecular complexity index is 88.9. The minimum atomic E-state index is 0.746. The van der Waals surface area contributed by atoms with Crippen LogP contribution in [0.4, 0.5) is 0 Å². The molecule has 0 unspecified atom stereocenters. The lowest BCUT2D eigenvalue weighted by molar-refractivity contribution is -0.107. The molecular weight excluding hydrogens is 136 g/mol. The molecule has 0 radical (unpaired) electrons. The summed E-state index contributed by atoms with van der Waals surface area (Å²) in [5.74, 6) is 0.815. The van der Waals surface area contributed by atoms with Gasteiger partial charge in [-0.3, -0.25) is 0 Å². The maximum absolute atomic E-state index is 10.0. The largest absolute Gasteiger partial charge is 0.303 e. The van der Waals surface area contributed by atoms with Crippen LogP contribution in [-0.4, -0.2) is 6.29 Å². The second-order valence-electron chi connectivity index (χ2n) is 3.34. The molecule has 0 aromatic rings. The highest BCUT2D eigenvalue weighted by Crippen LogP contribution is 2.14. The third-order valence-corrected chi connectivity index (χ3v) is 2.07. The van der Waals surface area contributed by atoms with Gasteiger partial charge in [0.15, 0.2) is 0 Å². The topological polar surface area (TPSA) is 17.1 Å². The van der Waals surface area contributed by atoms with Gasteiger partial charge in [0, 0.05) is 6.42 Å². The molecule has 0 heterocycles. The first-order valence-corrected chi connectivity index (χ1v) is 4.74. The van der Waals surface area contributed by atoms with Crippen molar-refractivity contribution in [3.8, 4) is 0 Å². The van der Waals surface area contributed by atoms with Crippen molar-refractivity contribution in [2.45, 2.75) is 52.4 Å². The minimum absolute atomic E-state index is 0.746. The Morgan fingerprint density at radius 2 is 1.91 bits per heavy atom. The zero-order chi connectivity index (χ0) is 8.53. The van der Waals surface area contributed by atoms with Crippen molar-refractivity contribution in [2.75, 3.05) is 0 Å². The minimum Gasteiger partial charge on any atom is -0.303 e. The van der Waals surface area contributed by atoms with Gasteiger partial charge in [-0.1, -0.05) is 39.5 Å². The summed E-state index contributed by atoms with van der Waals surface area (Å²) in [6, 6.07) is 0. The van der Waals surface area contributed by atoms with Gasteiger partial charge in [0.2, 0.25) is 0 Å². The van der Waals surface area contributed by atoms with Crippen LogP contribution in [0.5, 0.6) is 0 Å². The van der Waals surface area contributed by atoms with Crippen molar-refractivity contribution in [1.29, 1.82) is 0 Å². The first-order valence-electron chi connectivity index (χ1n) is 4.74. The predicted molar refractivity (Wildman–Crippen MR) is 48.6 cm³/mol. The molecule has 0 spiro atoms. The van der Waals surface area contributed by atoms with E-state index in [-0.39, 0.29) is 0 Å². The lowest BCUT2D eigenvalue weighted by Crippen LogP contribution is -1.94. The molecule has 0 N–H and O–H groups in total. The highest BCUT2D eigenvalue weighted by Gasteiger charge is 1.99. The van der Waals surface area contributed by atoms with Crippen molar-refractivity contribution < 1.29 is 4.79 Å². The monoisotopic (exact) mass is 156 g/mol. The standard InChI is InChI=1S/C10H20O/c1-3-4-7-10(2)8-5-6-9-11/h9-10H,3-8H2,1-2H3/t10-/m0/s1. The van der Waals surface area contributed by atoms with Crippen LogP contribution in [0.25, 0.3) is 0 Å². The first kappa shape index (κ1) is 10.7. The van der Waals surface area contributed by atoms with E-state index in [1.54, 1.807) is 0 Å². The molecule has 66 valence electrons. The Hall–Kier alpha value is -0.330. The molecule has 0 bridgehead atoms. The molecule has 0 aromatic carbocycles. The molecule has 11 heavy (non-hydrogen) atoms. The number of rotatable bonds is 7. The van der Waals surface area contributed by atoms with Crippen molar-refractivity contribution in [3.05, 3.63) is 0 Å². The third-order valence-electron chi connectivity index (χ3n) is 2.07. The van der Waals surface area contributed by atoms with E-state index < -0.39 is 0 Å². The van der Waals surface area contributed by atoms with E-state index in [0.29, 0.717) is 0 Å². The molecule has 1 nitrogen and oxygen atoms in total. The van der Waals surface area contributed by atoms with Gasteiger partial charge in [0.1, 0.15) is 6.29 Å². The molecule has 0 aliphatic carbocycles. The summed E-state index contributed by atoms with van der Waals surface area (Å²) >= 11 is 0. The van der Waals surface area contributed by atoms with Crippen LogP contribution in [-0.2, 0) is 4.79 Å². The average Bonchev–Trinajstić information content (AvgIpc) is 2.01. The summed E-state index contributed by atoms with van der Waals surface area (Å²) in [5, 5.41) is 0. The summed E-state index contributed by atoms with van der Waals surface area (Å²) in [6.45, 7) is 4.50. The molecule has 0 fully saturated rings. The van der Waals surface area contributed by atoms with E-state index in [1.165, 1.54) is 25.7 Å². The molecule has 0 aromatic heterocycles. The number of carbonyl (C=O) groups is 1. The van der Waals surface area contributed by atoms with Gasteiger partial charge in [0.05, 0.1) is 0 Å². The van der Waals surface area contributed by atoms with Crippen molar-refractivity contribution in [1.82, 2.24) is 0 Å². The van der Waals surface area contributed by atoms with E-state index in [2.05, 4.69) is 13.8 Å². The van der Waals surface area contributed by atoms with Gasteiger partial charge in [-0.25, -0.2) is 0 Å². The Morgan fingerprint density at radius 3 is 2.45 bits per heavy atom. The number of hydrogen-bond donors (Lipinski definition) is 0. The SMILES string of the molecule is CCCC[C@H](C)CCCC=O. The third kappa shape index (κ3) is 7.57. The van der Waals surface area contributed by atoms with Gasteiger partial charge in [0.25, 0.3) is 0 Å². The Kier molecular flexibility index (Phi) is 7.54. The molecule has 0 rings (SSSR count). The number of aldehydes is 1. The highest BCUT2D eigenvalue weighted by molar-refractivity contribution is 5.48. The lowest BCUT2D eigenvalue weighted by atomic mass is 9.98. The van der Waals surface area contributed by atoms with Crippen LogP contribution in [0.15, 0.2) is 0 Å². The highest BCUT2D eigenvalue weighted by atomic mass is 16.1. The zero-order valence-electron chi connectivity index (χ0n) is 7.81. The molecule has 0 saturated heterocycles. The smallest absolute Gasteiger partial charge is 0.119 e. The number of hydrogen-bond acceptors (Lipinski definition) is 1. The van der Waals surface area contributed by atoms with Crippen molar-refractivity contribution in [2.24, 2.45) is 5.92 Å². The van der Waals surface area contributed by atoms with Crippen LogP contribution >= 0.6 is 0 Å². The van der Waals surface area contributed by atoms with E-state index in [9.17, 15) is 4.79 Å². The summed E-state index contributed by atoms with van der Waals surface area (Å²) in [6.07, 6.45) is 8.02. The fourth-order valence-electron chi connectivity index (χ4n) is 1.25. The Balaban J connectivity index is 3.08. The molecule has 1 atom stereocenters. The average molecular weight is 156 g/mol. The van der Waals surface area contributed by atoms with Gasteiger partial charge < -0.3 is 4.79 Å². The van der Waals surface area contributed by atoms with Crippen LogP contribution < -0.4 is 0 Å². The van der Waals surface area contributed by atoms with E-state index in [4.69, 9.17) is 0 Å². The normalized spacial score (nSPS) is 12.9. The second-order valence-corrected chi connectivity index (χ2v) is 3.34. The van der Waals surface area contributed by atoms with Crippen molar-refractivity contribution in [3.63, 3.8) is 0 Å².